The van der Waals surface area contributed by atoms with Gasteiger partial charge in [-0.2, -0.15) is 4.31 Å². The lowest BCUT2D eigenvalue weighted by atomic mass is 10.3. The van der Waals surface area contributed by atoms with E-state index in [1.165, 1.54) is 10.4 Å². The van der Waals surface area contributed by atoms with Gasteiger partial charge < -0.3 is 4.74 Å². The molecule has 0 N–H and O–H groups in total. The van der Waals surface area contributed by atoms with Crippen LogP contribution in [0.2, 0.25) is 5.02 Å². The monoisotopic (exact) mass is 392 g/mol. The Morgan fingerprint density at radius 3 is 2.56 bits per heavy atom. The number of hydrogen-bond donors (Lipinski definition) is 0. The molecule has 0 bridgehead atoms. The first kappa shape index (κ1) is 20.1. The second-order valence-electron chi connectivity index (χ2n) is 5.83. The lowest BCUT2D eigenvalue weighted by Crippen LogP contribution is -2.50. The molecule has 0 amide bonds. The molecule has 1 aliphatic rings. The Balaban J connectivity index is 1.90. The van der Waals surface area contributed by atoms with E-state index in [4.69, 9.17) is 16.3 Å². The summed E-state index contributed by atoms with van der Waals surface area (Å²) in [5, 5.41) is -0.227. The molecule has 1 aromatic rings. The number of nitrogens with zero attached hydrogens (tertiary/aromatic N) is 2. The Hall–Kier alpha value is -1.22. The van der Waals surface area contributed by atoms with Crippen molar-refractivity contribution < 1.29 is 22.3 Å². The molecule has 0 spiro atoms. The van der Waals surface area contributed by atoms with Gasteiger partial charge in [-0.05, 0) is 24.6 Å². The molecule has 6 nitrogen and oxygen atoms in total. The van der Waals surface area contributed by atoms with Crippen LogP contribution in [0.25, 0.3) is 0 Å². The number of unbranched alkanes of at least 4 members (excludes halogenated alkanes) is 1. The number of benzene rings is 1. The van der Waals surface area contributed by atoms with E-state index in [1.807, 2.05) is 11.8 Å². The van der Waals surface area contributed by atoms with E-state index in [2.05, 4.69) is 0 Å². The average molecular weight is 393 g/mol. The van der Waals surface area contributed by atoms with E-state index in [1.54, 1.807) is 0 Å². The van der Waals surface area contributed by atoms with Gasteiger partial charge in [0.2, 0.25) is 10.0 Å². The number of esters is 1. The standard InChI is InChI=1S/C16H22ClFN2O4S/c1-2-3-10-24-16(21)12-19-6-8-20(9-7-19)25(22,23)13-4-5-15(18)14(17)11-13/h4-5,11H,2-3,6-10,12H2,1H3. The van der Waals surface area contributed by atoms with Crippen LogP contribution >= 0.6 is 11.6 Å². The summed E-state index contributed by atoms with van der Waals surface area (Å²) in [6.45, 7) is 3.93. The summed E-state index contributed by atoms with van der Waals surface area (Å²) in [4.78, 5) is 13.5. The summed E-state index contributed by atoms with van der Waals surface area (Å²) in [5.74, 6) is -0.956. The Morgan fingerprint density at radius 2 is 1.96 bits per heavy atom. The fraction of sp³-hybridized carbons (Fsp3) is 0.562. The summed E-state index contributed by atoms with van der Waals surface area (Å²) in [5.41, 5.74) is 0. The van der Waals surface area contributed by atoms with Gasteiger partial charge >= 0.3 is 5.97 Å². The van der Waals surface area contributed by atoms with Gasteiger partial charge in [0.1, 0.15) is 5.82 Å². The first-order valence-corrected chi connectivity index (χ1v) is 9.99. The molecule has 1 aliphatic heterocycles. The third-order valence-corrected chi connectivity index (χ3v) is 6.16. The number of hydrogen-bond acceptors (Lipinski definition) is 5. The van der Waals surface area contributed by atoms with Crippen LogP contribution in [0.15, 0.2) is 23.1 Å². The van der Waals surface area contributed by atoms with Crippen LogP contribution in [0.5, 0.6) is 0 Å². The van der Waals surface area contributed by atoms with E-state index in [0.29, 0.717) is 19.7 Å². The predicted octanol–water partition coefficient (Wildman–Crippen LogP) is 2.13. The molecule has 1 saturated heterocycles. The molecule has 0 saturated carbocycles. The number of rotatable bonds is 7. The second-order valence-corrected chi connectivity index (χ2v) is 8.18. The molecule has 1 aromatic carbocycles. The molecular weight excluding hydrogens is 371 g/mol. The predicted molar refractivity (Wildman–Crippen MR) is 92.5 cm³/mol. The lowest BCUT2D eigenvalue weighted by molar-refractivity contribution is -0.145. The Bertz CT molecular complexity index is 706. The molecule has 9 heteroatoms. The van der Waals surface area contributed by atoms with Crippen molar-refractivity contribution in [2.45, 2.75) is 24.7 Å². The molecule has 0 radical (unpaired) electrons. The van der Waals surface area contributed by atoms with Gasteiger partial charge in [-0.1, -0.05) is 24.9 Å². The molecule has 140 valence electrons. The molecule has 0 atom stereocenters. The number of sulfonamides is 1. The van der Waals surface area contributed by atoms with E-state index in [9.17, 15) is 17.6 Å². The first-order chi connectivity index (χ1) is 11.8. The van der Waals surface area contributed by atoms with Gasteiger partial charge in [-0.15, -0.1) is 0 Å². The van der Waals surface area contributed by atoms with Crippen LogP contribution in [-0.4, -0.2) is 62.9 Å². The van der Waals surface area contributed by atoms with Crippen LogP contribution in [0, 0.1) is 5.82 Å². The smallest absolute Gasteiger partial charge is 0.320 e. The van der Waals surface area contributed by atoms with Crippen molar-refractivity contribution in [2.24, 2.45) is 0 Å². The summed E-state index contributed by atoms with van der Waals surface area (Å²) in [6.07, 6.45) is 1.79. The summed E-state index contributed by atoms with van der Waals surface area (Å²) < 4.78 is 44.8. The van der Waals surface area contributed by atoms with Crippen LogP contribution in [-0.2, 0) is 19.6 Å². The summed E-state index contributed by atoms with van der Waals surface area (Å²) >= 11 is 5.67. The largest absolute Gasteiger partial charge is 0.465 e. The Kier molecular flexibility index (Phi) is 7.18. The minimum Gasteiger partial charge on any atom is -0.465 e. The molecule has 0 unspecified atom stereocenters. The van der Waals surface area contributed by atoms with Gasteiger partial charge in [0, 0.05) is 26.2 Å². The molecule has 0 aromatic heterocycles. The minimum absolute atomic E-state index is 0.0358. The van der Waals surface area contributed by atoms with Crippen LogP contribution in [0.1, 0.15) is 19.8 Å². The molecule has 25 heavy (non-hydrogen) atoms. The third kappa shape index (κ3) is 5.37. The average Bonchev–Trinajstić information content (AvgIpc) is 2.58. The molecule has 1 heterocycles. The third-order valence-electron chi connectivity index (χ3n) is 3.97. The number of carbonyl (C=O) groups excluding carboxylic acids is 1. The first-order valence-electron chi connectivity index (χ1n) is 8.17. The van der Waals surface area contributed by atoms with Gasteiger partial charge in [-0.25, -0.2) is 12.8 Å². The summed E-state index contributed by atoms with van der Waals surface area (Å²) in [7, 11) is -3.73. The van der Waals surface area contributed by atoms with E-state index >= 15 is 0 Å². The highest BCUT2D eigenvalue weighted by Crippen LogP contribution is 2.23. The zero-order valence-corrected chi connectivity index (χ0v) is 15.7. The van der Waals surface area contributed by atoms with Gasteiger partial charge in [0.05, 0.1) is 23.1 Å². The van der Waals surface area contributed by atoms with Crippen LogP contribution in [0.4, 0.5) is 4.39 Å². The normalized spacial score (nSPS) is 16.8. The van der Waals surface area contributed by atoms with Crippen molar-refractivity contribution in [2.75, 3.05) is 39.3 Å². The SMILES string of the molecule is CCCCOC(=O)CN1CCN(S(=O)(=O)c2ccc(F)c(Cl)c2)CC1. The molecule has 2 rings (SSSR count). The number of halogens is 2. The Labute approximate surface area is 152 Å². The zero-order valence-electron chi connectivity index (χ0n) is 14.1. The van der Waals surface area contributed by atoms with Gasteiger partial charge in [0.15, 0.2) is 0 Å². The van der Waals surface area contributed by atoms with E-state index in [-0.39, 0.29) is 35.5 Å². The molecular formula is C16H22ClFN2O4S. The quantitative estimate of drug-likeness (QED) is 0.525. The van der Waals surface area contributed by atoms with Crippen molar-refractivity contribution in [3.8, 4) is 0 Å². The van der Waals surface area contributed by atoms with Crippen molar-refractivity contribution in [1.29, 1.82) is 0 Å². The van der Waals surface area contributed by atoms with Crippen molar-refractivity contribution in [3.05, 3.63) is 29.0 Å². The van der Waals surface area contributed by atoms with E-state index < -0.39 is 15.8 Å². The maximum Gasteiger partial charge on any atom is 0.320 e. The van der Waals surface area contributed by atoms with Gasteiger partial charge in [-0.3, -0.25) is 9.69 Å². The van der Waals surface area contributed by atoms with Crippen LogP contribution < -0.4 is 0 Å². The van der Waals surface area contributed by atoms with Crippen molar-refractivity contribution in [1.82, 2.24) is 9.21 Å². The van der Waals surface area contributed by atoms with E-state index in [0.717, 1.165) is 25.0 Å². The van der Waals surface area contributed by atoms with Crippen molar-refractivity contribution >= 4 is 27.6 Å². The van der Waals surface area contributed by atoms with Gasteiger partial charge in [0.25, 0.3) is 0 Å². The zero-order chi connectivity index (χ0) is 18.4. The maximum atomic E-state index is 13.2. The highest BCUT2D eigenvalue weighted by molar-refractivity contribution is 7.89. The number of carbonyl (C=O) groups is 1. The fourth-order valence-corrected chi connectivity index (χ4v) is 4.17. The van der Waals surface area contributed by atoms with Crippen molar-refractivity contribution in [3.63, 3.8) is 0 Å². The topological polar surface area (TPSA) is 66.9 Å². The number of ether oxygens (including phenoxy) is 1. The number of piperazine rings is 1. The molecule has 0 aliphatic carbocycles. The maximum absolute atomic E-state index is 13.2. The van der Waals surface area contributed by atoms with Crippen LogP contribution in [0.3, 0.4) is 0 Å². The minimum atomic E-state index is -3.73. The lowest BCUT2D eigenvalue weighted by Gasteiger charge is -2.33. The second kappa shape index (κ2) is 8.93. The fourth-order valence-electron chi connectivity index (χ4n) is 2.47. The summed E-state index contributed by atoms with van der Waals surface area (Å²) in [6, 6.07) is 3.36. The highest BCUT2D eigenvalue weighted by atomic mass is 35.5. The highest BCUT2D eigenvalue weighted by Gasteiger charge is 2.29. The molecule has 1 fully saturated rings. The Morgan fingerprint density at radius 1 is 1.28 bits per heavy atom.